The Morgan fingerprint density at radius 1 is 0.476 bits per heavy atom. The molecule has 0 saturated heterocycles. The maximum atomic E-state index is 13.2. The lowest BCUT2D eigenvalue weighted by Crippen LogP contribution is -2.46. The minimum absolute atomic E-state index is 0.0233. The zero-order valence-electron chi connectivity index (χ0n) is 41.4. The highest BCUT2D eigenvalue weighted by Gasteiger charge is 2.24. The molecule has 63 heavy (non-hydrogen) atoms. The molecule has 0 radical (unpaired) electrons. The number of unbranched alkanes of at least 4 members (excludes halogenated alkanes) is 27. The van der Waals surface area contributed by atoms with Crippen LogP contribution in [0.25, 0.3) is 0 Å². The molecule has 0 aromatic rings. The van der Waals surface area contributed by atoms with Gasteiger partial charge in [-0.15, -0.1) is 0 Å². The van der Waals surface area contributed by atoms with E-state index < -0.39 is 18.2 Å². The Kier molecular flexibility index (Phi) is 48.1. The minimum Gasteiger partial charge on any atom is -0.462 e. The van der Waals surface area contributed by atoms with E-state index in [2.05, 4.69) is 62.5 Å². The van der Waals surface area contributed by atoms with Crippen LogP contribution >= 0.6 is 0 Å². The van der Waals surface area contributed by atoms with Crippen molar-refractivity contribution >= 4 is 11.9 Å². The van der Waals surface area contributed by atoms with E-state index in [1.165, 1.54) is 128 Å². The second-order valence-corrected chi connectivity index (χ2v) is 18.0. The number of hydrogen-bond acceptors (Lipinski definition) is 5. The van der Waals surface area contributed by atoms with Gasteiger partial charge in [-0.1, -0.05) is 248 Å². The molecule has 0 bridgehead atoms. The van der Waals surface area contributed by atoms with Crippen LogP contribution in [-0.2, 0) is 14.3 Å². The predicted molar refractivity (Wildman–Crippen MR) is 273 cm³/mol. The van der Waals surface area contributed by atoms with Gasteiger partial charge in [-0.2, -0.15) is 0 Å². The SMILES string of the molecule is CC/C=C/C=C/C=C\C=C/CCCC(CC(=O)NC(CO)C(O)CCCCCCCCCCCCCCCCC)OC(=O)CCCCCCC/C=C/C=C/CCCCCCCCC. The molecule has 6 nitrogen and oxygen atoms in total. The number of amides is 1. The molecule has 0 aliphatic heterocycles. The minimum atomic E-state index is -0.810. The molecule has 0 saturated carbocycles. The molecule has 0 aliphatic rings. The average Bonchev–Trinajstić information content (AvgIpc) is 3.28. The van der Waals surface area contributed by atoms with Gasteiger partial charge in [-0.05, 0) is 64.2 Å². The molecule has 6 heteroatoms. The van der Waals surface area contributed by atoms with Crippen LogP contribution in [0.4, 0.5) is 0 Å². The number of aliphatic hydroxyl groups is 2. The van der Waals surface area contributed by atoms with E-state index in [9.17, 15) is 19.8 Å². The number of carbonyl (C=O) groups excluding carboxylic acids is 2. The number of aliphatic hydroxyl groups excluding tert-OH is 2. The van der Waals surface area contributed by atoms with Crippen LogP contribution in [0.15, 0.2) is 72.9 Å². The van der Waals surface area contributed by atoms with E-state index in [1.54, 1.807) is 0 Å². The third-order valence-corrected chi connectivity index (χ3v) is 11.9. The summed E-state index contributed by atoms with van der Waals surface area (Å²) in [6.45, 7) is 6.32. The quantitative estimate of drug-likeness (QED) is 0.0321. The summed E-state index contributed by atoms with van der Waals surface area (Å²) < 4.78 is 5.89. The molecule has 0 heterocycles. The second kappa shape index (κ2) is 50.3. The van der Waals surface area contributed by atoms with Crippen LogP contribution in [0.5, 0.6) is 0 Å². The topological polar surface area (TPSA) is 95.9 Å². The average molecular weight is 880 g/mol. The molecular weight excluding hydrogens is 779 g/mol. The summed E-state index contributed by atoms with van der Waals surface area (Å²) in [6.07, 6.45) is 64.0. The number of ether oxygens (including phenoxy) is 1. The molecule has 0 aromatic carbocycles. The van der Waals surface area contributed by atoms with E-state index in [0.29, 0.717) is 19.3 Å². The van der Waals surface area contributed by atoms with Gasteiger partial charge in [0.15, 0.2) is 0 Å². The summed E-state index contributed by atoms with van der Waals surface area (Å²) in [5.41, 5.74) is 0. The molecule has 0 rings (SSSR count). The Labute approximate surface area is 390 Å². The van der Waals surface area contributed by atoms with Gasteiger partial charge in [0.05, 0.1) is 25.2 Å². The van der Waals surface area contributed by atoms with Crippen LogP contribution in [0.2, 0.25) is 0 Å². The lowest BCUT2D eigenvalue weighted by molar-refractivity contribution is -0.151. The van der Waals surface area contributed by atoms with Gasteiger partial charge in [0.1, 0.15) is 6.10 Å². The Hall–Kier alpha value is -2.70. The largest absolute Gasteiger partial charge is 0.462 e. The van der Waals surface area contributed by atoms with E-state index in [-0.39, 0.29) is 24.9 Å². The molecule has 3 N–H and O–H groups in total. The molecule has 3 unspecified atom stereocenters. The lowest BCUT2D eigenvalue weighted by Gasteiger charge is -2.24. The zero-order valence-corrected chi connectivity index (χ0v) is 41.4. The molecule has 364 valence electrons. The Bertz CT molecular complexity index is 1170. The summed E-state index contributed by atoms with van der Waals surface area (Å²) in [5.74, 6) is -0.559. The normalized spacial score (nSPS) is 13.8. The molecule has 1 amide bonds. The molecule has 0 fully saturated rings. The number of allylic oxidation sites excluding steroid dienone is 12. The number of nitrogens with one attached hydrogen (secondary N) is 1. The fourth-order valence-electron chi connectivity index (χ4n) is 7.85. The molecule has 0 spiro atoms. The van der Waals surface area contributed by atoms with E-state index in [0.717, 1.165) is 77.0 Å². The Balaban J connectivity index is 4.58. The first kappa shape index (κ1) is 60.3. The first-order valence-electron chi connectivity index (χ1n) is 26.7. The maximum absolute atomic E-state index is 13.2. The van der Waals surface area contributed by atoms with E-state index in [4.69, 9.17) is 4.74 Å². The van der Waals surface area contributed by atoms with Gasteiger partial charge in [-0.25, -0.2) is 0 Å². The van der Waals surface area contributed by atoms with Crippen molar-refractivity contribution in [3.05, 3.63) is 72.9 Å². The predicted octanol–water partition coefficient (Wildman–Crippen LogP) is 16.2. The molecule has 0 aromatic heterocycles. The fourth-order valence-corrected chi connectivity index (χ4v) is 7.85. The van der Waals surface area contributed by atoms with Crippen molar-refractivity contribution in [1.82, 2.24) is 5.32 Å². The third-order valence-electron chi connectivity index (χ3n) is 11.9. The Morgan fingerprint density at radius 3 is 1.35 bits per heavy atom. The van der Waals surface area contributed by atoms with Gasteiger partial charge in [-0.3, -0.25) is 9.59 Å². The van der Waals surface area contributed by atoms with Gasteiger partial charge >= 0.3 is 5.97 Å². The highest BCUT2D eigenvalue weighted by Crippen LogP contribution is 2.17. The summed E-state index contributed by atoms with van der Waals surface area (Å²) in [5, 5.41) is 23.8. The summed E-state index contributed by atoms with van der Waals surface area (Å²) >= 11 is 0. The van der Waals surface area contributed by atoms with Crippen molar-refractivity contribution in [3.63, 3.8) is 0 Å². The molecular formula is C57H101NO5. The standard InChI is InChI=1S/C57H101NO5/c1-4-7-10-13-16-19-22-24-26-27-28-30-32-35-38-41-44-47-50-57(62)63-53(48-45-42-39-36-33-21-18-15-12-9-6-3)51-56(61)58-54(52-59)55(60)49-46-43-40-37-34-31-29-25-23-20-17-14-11-8-5-2/h9,12,15,18,21,26-28,30,33,36,39,53-55,59-60H,4-8,10-11,13-14,16-17,19-20,22-25,29,31-32,34-35,37-38,40-52H2,1-3H3,(H,58,61)/b12-9+,18-15+,27-26+,30-28+,33-21-,39-36-. The van der Waals surface area contributed by atoms with Crippen molar-refractivity contribution in [2.24, 2.45) is 0 Å². The van der Waals surface area contributed by atoms with Gasteiger partial charge in [0.2, 0.25) is 5.91 Å². The summed E-state index contributed by atoms with van der Waals surface area (Å²) in [7, 11) is 0. The van der Waals surface area contributed by atoms with Crippen molar-refractivity contribution in [2.45, 2.75) is 270 Å². The van der Waals surface area contributed by atoms with Crippen molar-refractivity contribution < 1.29 is 24.5 Å². The van der Waals surface area contributed by atoms with Crippen LogP contribution in [0.3, 0.4) is 0 Å². The van der Waals surface area contributed by atoms with Gasteiger partial charge in [0.25, 0.3) is 0 Å². The van der Waals surface area contributed by atoms with Crippen LogP contribution in [0, 0.1) is 0 Å². The monoisotopic (exact) mass is 880 g/mol. The fraction of sp³-hybridized carbons (Fsp3) is 0.754. The van der Waals surface area contributed by atoms with Crippen LogP contribution in [0.1, 0.15) is 252 Å². The molecule has 0 aliphatic carbocycles. The van der Waals surface area contributed by atoms with Crippen molar-refractivity contribution in [2.75, 3.05) is 6.61 Å². The highest BCUT2D eigenvalue weighted by molar-refractivity contribution is 5.77. The first-order valence-corrected chi connectivity index (χ1v) is 26.7. The highest BCUT2D eigenvalue weighted by atomic mass is 16.5. The second-order valence-electron chi connectivity index (χ2n) is 18.0. The Morgan fingerprint density at radius 2 is 0.873 bits per heavy atom. The molecule has 3 atom stereocenters. The number of carbonyl (C=O) groups is 2. The van der Waals surface area contributed by atoms with Crippen molar-refractivity contribution in [1.29, 1.82) is 0 Å². The number of rotatable bonds is 47. The number of esters is 1. The van der Waals surface area contributed by atoms with Crippen LogP contribution < -0.4 is 5.32 Å². The van der Waals surface area contributed by atoms with Crippen LogP contribution in [-0.4, -0.2) is 46.9 Å². The van der Waals surface area contributed by atoms with E-state index in [1.807, 2.05) is 36.5 Å². The lowest BCUT2D eigenvalue weighted by atomic mass is 10.0. The third kappa shape index (κ3) is 45.7. The first-order chi connectivity index (χ1) is 31.0. The van der Waals surface area contributed by atoms with E-state index >= 15 is 0 Å². The number of hydrogen-bond donors (Lipinski definition) is 3. The smallest absolute Gasteiger partial charge is 0.306 e. The summed E-state index contributed by atoms with van der Waals surface area (Å²) in [6, 6.07) is -0.728. The van der Waals surface area contributed by atoms with Gasteiger partial charge < -0.3 is 20.3 Å². The van der Waals surface area contributed by atoms with Crippen molar-refractivity contribution in [3.8, 4) is 0 Å². The van der Waals surface area contributed by atoms with Gasteiger partial charge in [0, 0.05) is 6.42 Å². The maximum Gasteiger partial charge on any atom is 0.306 e. The summed E-state index contributed by atoms with van der Waals surface area (Å²) in [4.78, 5) is 26.1. The zero-order chi connectivity index (χ0) is 45.9.